The highest BCUT2D eigenvalue weighted by Crippen LogP contribution is 2.41. The second kappa shape index (κ2) is 2.86. The predicted molar refractivity (Wildman–Crippen MR) is 52.5 cm³/mol. The molecule has 1 aliphatic heterocycles. The van der Waals surface area contributed by atoms with Crippen molar-refractivity contribution in [1.29, 1.82) is 0 Å². The Labute approximate surface area is 75.3 Å². The van der Waals surface area contributed by atoms with E-state index in [1.807, 2.05) is 0 Å². The summed E-state index contributed by atoms with van der Waals surface area (Å²) in [5.41, 5.74) is 1.52. The number of hydrogen-bond donors (Lipinski definition) is 0. The molecule has 0 bridgehead atoms. The SMILES string of the molecule is CC1CC2CN=C(C(C)C)C2C1. The first-order valence-electron chi connectivity index (χ1n) is 5.22. The molecule has 1 nitrogen and oxygen atoms in total. The van der Waals surface area contributed by atoms with Gasteiger partial charge in [-0.3, -0.25) is 4.99 Å². The molecule has 0 aromatic carbocycles. The molecule has 0 saturated heterocycles. The second-order valence-electron chi connectivity index (χ2n) is 4.86. The van der Waals surface area contributed by atoms with Gasteiger partial charge in [-0.25, -0.2) is 0 Å². The largest absolute Gasteiger partial charge is 0.293 e. The zero-order chi connectivity index (χ0) is 8.72. The van der Waals surface area contributed by atoms with Gasteiger partial charge in [0.15, 0.2) is 0 Å². The van der Waals surface area contributed by atoms with Crippen LogP contribution < -0.4 is 0 Å². The minimum atomic E-state index is 0.685. The van der Waals surface area contributed by atoms with Crippen molar-refractivity contribution in [3.63, 3.8) is 0 Å². The fraction of sp³-hybridized carbons (Fsp3) is 0.909. The maximum absolute atomic E-state index is 4.67. The van der Waals surface area contributed by atoms with E-state index in [0.717, 1.165) is 24.3 Å². The van der Waals surface area contributed by atoms with Crippen LogP contribution in [0.3, 0.4) is 0 Å². The highest BCUT2D eigenvalue weighted by atomic mass is 14.8. The smallest absolute Gasteiger partial charge is 0.0423 e. The Balaban J connectivity index is 2.10. The summed E-state index contributed by atoms with van der Waals surface area (Å²) in [5, 5.41) is 0. The van der Waals surface area contributed by atoms with Gasteiger partial charge in [-0.1, -0.05) is 20.8 Å². The molecule has 2 rings (SSSR count). The van der Waals surface area contributed by atoms with E-state index < -0.39 is 0 Å². The van der Waals surface area contributed by atoms with Gasteiger partial charge in [0.2, 0.25) is 0 Å². The number of hydrogen-bond acceptors (Lipinski definition) is 1. The summed E-state index contributed by atoms with van der Waals surface area (Å²) in [4.78, 5) is 4.67. The van der Waals surface area contributed by atoms with E-state index in [-0.39, 0.29) is 0 Å². The zero-order valence-electron chi connectivity index (χ0n) is 8.38. The molecule has 1 saturated carbocycles. The van der Waals surface area contributed by atoms with Crippen LogP contribution in [0.2, 0.25) is 0 Å². The lowest BCUT2D eigenvalue weighted by atomic mass is 9.89. The highest BCUT2D eigenvalue weighted by molar-refractivity contribution is 5.90. The van der Waals surface area contributed by atoms with Gasteiger partial charge in [0, 0.05) is 18.2 Å². The van der Waals surface area contributed by atoms with Crippen LogP contribution in [0.1, 0.15) is 33.6 Å². The third-order valence-corrected chi connectivity index (χ3v) is 3.41. The Morgan fingerprint density at radius 1 is 1.33 bits per heavy atom. The van der Waals surface area contributed by atoms with Crippen molar-refractivity contribution in [3.8, 4) is 0 Å². The molecule has 3 unspecified atom stereocenters. The standard InChI is InChI=1S/C11H19N/c1-7(2)11-10-5-8(3)4-9(10)6-12-11/h7-10H,4-6H2,1-3H3. The summed E-state index contributed by atoms with van der Waals surface area (Å²) in [6, 6.07) is 0. The van der Waals surface area contributed by atoms with Crippen molar-refractivity contribution in [3.05, 3.63) is 0 Å². The normalized spacial score (nSPS) is 40.3. The maximum Gasteiger partial charge on any atom is 0.0423 e. The molecular weight excluding hydrogens is 146 g/mol. The van der Waals surface area contributed by atoms with Crippen LogP contribution in [-0.4, -0.2) is 12.3 Å². The topological polar surface area (TPSA) is 12.4 Å². The van der Waals surface area contributed by atoms with Crippen LogP contribution in [0.25, 0.3) is 0 Å². The number of fused-ring (bicyclic) bond motifs is 1. The molecule has 1 fully saturated rings. The number of nitrogens with zero attached hydrogens (tertiary/aromatic N) is 1. The molecule has 1 aliphatic carbocycles. The summed E-state index contributed by atoms with van der Waals surface area (Å²) in [6.45, 7) is 8.08. The van der Waals surface area contributed by atoms with Crippen LogP contribution in [-0.2, 0) is 0 Å². The highest BCUT2D eigenvalue weighted by Gasteiger charge is 2.39. The van der Waals surface area contributed by atoms with E-state index >= 15 is 0 Å². The van der Waals surface area contributed by atoms with E-state index in [2.05, 4.69) is 25.8 Å². The summed E-state index contributed by atoms with van der Waals surface area (Å²) in [7, 11) is 0. The predicted octanol–water partition coefficient (Wildman–Crippen LogP) is 2.76. The van der Waals surface area contributed by atoms with Crippen molar-refractivity contribution in [2.45, 2.75) is 33.6 Å². The molecule has 0 N–H and O–H groups in total. The number of aliphatic imine (C=N–C) groups is 1. The van der Waals surface area contributed by atoms with Gasteiger partial charge in [0.05, 0.1) is 0 Å². The molecule has 0 amide bonds. The Morgan fingerprint density at radius 2 is 2.08 bits per heavy atom. The fourth-order valence-corrected chi connectivity index (χ4v) is 2.92. The average Bonchev–Trinajstić information content (AvgIpc) is 2.43. The van der Waals surface area contributed by atoms with Gasteiger partial charge >= 0.3 is 0 Å². The van der Waals surface area contributed by atoms with Crippen molar-refractivity contribution < 1.29 is 0 Å². The molecule has 68 valence electrons. The lowest BCUT2D eigenvalue weighted by Crippen LogP contribution is -2.17. The minimum absolute atomic E-state index is 0.685. The van der Waals surface area contributed by atoms with E-state index in [0.29, 0.717) is 5.92 Å². The molecule has 2 aliphatic rings. The Bertz CT molecular complexity index is 205. The zero-order valence-corrected chi connectivity index (χ0v) is 8.38. The molecule has 0 spiro atoms. The molecular formula is C11H19N. The van der Waals surface area contributed by atoms with Gasteiger partial charge in [0.25, 0.3) is 0 Å². The lowest BCUT2D eigenvalue weighted by Gasteiger charge is -2.14. The van der Waals surface area contributed by atoms with Crippen molar-refractivity contribution in [2.75, 3.05) is 6.54 Å². The summed E-state index contributed by atoms with van der Waals surface area (Å²) in [5.74, 6) is 3.41. The first kappa shape index (κ1) is 8.28. The molecule has 0 aromatic rings. The van der Waals surface area contributed by atoms with Gasteiger partial charge < -0.3 is 0 Å². The average molecular weight is 165 g/mol. The van der Waals surface area contributed by atoms with Gasteiger partial charge in [-0.2, -0.15) is 0 Å². The minimum Gasteiger partial charge on any atom is -0.293 e. The van der Waals surface area contributed by atoms with E-state index in [1.54, 1.807) is 0 Å². The van der Waals surface area contributed by atoms with Crippen LogP contribution in [0.4, 0.5) is 0 Å². The molecule has 1 heteroatoms. The van der Waals surface area contributed by atoms with Crippen LogP contribution in [0.15, 0.2) is 4.99 Å². The molecule has 12 heavy (non-hydrogen) atoms. The van der Waals surface area contributed by atoms with E-state index in [9.17, 15) is 0 Å². The van der Waals surface area contributed by atoms with Crippen molar-refractivity contribution in [2.24, 2.45) is 28.7 Å². The molecule has 0 radical (unpaired) electrons. The third kappa shape index (κ3) is 1.19. The quantitative estimate of drug-likeness (QED) is 0.566. The third-order valence-electron chi connectivity index (χ3n) is 3.41. The van der Waals surface area contributed by atoms with Crippen LogP contribution >= 0.6 is 0 Å². The fourth-order valence-electron chi connectivity index (χ4n) is 2.92. The second-order valence-corrected chi connectivity index (χ2v) is 4.86. The Morgan fingerprint density at radius 3 is 2.75 bits per heavy atom. The van der Waals surface area contributed by atoms with E-state index in [4.69, 9.17) is 0 Å². The molecule has 1 heterocycles. The number of rotatable bonds is 1. The maximum atomic E-state index is 4.67. The first-order chi connectivity index (χ1) is 5.68. The first-order valence-corrected chi connectivity index (χ1v) is 5.22. The van der Waals surface area contributed by atoms with Crippen molar-refractivity contribution in [1.82, 2.24) is 0 Å². The monoisotopic (exact) mass is 165 g/mol. The van der Waals surface area contributed by atoms with Crippen LogP contribution in [0, 0.1) is 23.7 Å². The van der Waals surface area contributed by atoms with Gasteiger partial charge in [0.1, 0.15) is 0 Å². The molecule has 0 aromatic heterocycles. The van der Waals surface area contributed by atoms with Crippen LogP contribution in [0.5, 0.6) is 0 Å². The Kier molecular flexibility index (Phi) is 1.97. The van der Waals surface area contributed by atoms with Gasteiger partial charge in [-0.05, 0) is 30.6 Å². The summed E-state index contributed by atoms with van der Waals surface area (Å²) < 4.78 is 0. The van der Waals surface area contributed by atoms with Crippen molar-refractivity contribution >= 4 is 5.71 Å². The van der Waals surface area contributed by atoms with Gasteiger partial charge in [-0.15, -0.1) is 0 Å². The lowest BCUT2D eigenvalue weighted by molar-refractivity contribution is 0.513. The molecule has 3 atom stereocenters. The summed E-state index contributed by atoms with van der Waals surface area (Å²) >= 11 is 0. The summed E-state index contributed by atoms with van der Waals surface area (Å²) in [6.07, 6.45) is 2.83. The Hall–Kier alpha value is -0.330. The van der Waals surface area contributed by atoms with E-state index in [1.165, 1.54) is 18.6 Å².